The summed E-state index contributed by atoms with van der Waals surface area (Å²) in [5.74, 6) is -0.121. The summed E-state index contributed by atoms with van der Waals surface area (Å²) in [5.41, 5.74) is 1.83. The number of benzene rings is 1. The number of piperazine rings is 1. The average Bonchev–Trinajstić information content (AvgIpc) is 2.73. The molecule has 2 heterocycles. The predicted octanol–water partition coefficient (Wildman–Crippen LogP) is 3.44. The van der Waals surface area contributed by atoms with Crippen molar-refractivity contribution >= 4 is 17.6 Å². The van der Waals surface area contributed by atoms with Crippen molar-refractivity contribution < 1.29 is 27.4 Å². The number of hydrogen-bond donors (Lipinski definition) is 0. The number of carbonyl (C=O) groups is 1. The van der Waals surface area contributed by atoms with Crippen molar-refractivity contribution in [2.75, 3.05) is 42.6 Å². The fraction of sp³-hybridized carbons (Fsp3) is 0.450. The van der Waals surface area contributed by atoms with Crippen molar-refractivity contribution in [3.63, 3.8) is 0 Å². The lowest BCUT2D eigenvalue weighted by Gasteiger charge is -2.36. The van der Waals surface area contributed by atoms with Gasteiger partial charge >= 0.3 is 12.3 Å². The van der Waals surface area contributed by atoms with Gasteiger partial charge in [0, 0.05) is 38.1 Å². The van der Waals surface area contributed by atoms with Crippen LogP contribution >= 0.6 is 0 Å². The van der Waals surface area contributed by atoms with E-state index in [1.807, 2.05) is 11.8 Å². The van der Waals surface area contributed by atoms with Crippen molar-refractivity contribution in [1.29, 1.82) is 0 Å². The molecule has 3 rings (SSSR count). The monoisotopic (exact) mass is 424 g/mol. The number of aryl methyl sites for hydroxylation is 1. The van der Waals surface area contributed by atoms with Crippen LogP contribution in [0, 0.1) is 0 Å². The minimum absolute atomic E-state index is 0.243. The van der Waals surface area contributed by atoms with Crippen LogP contribution in [-0.4, -0.2) is 55.1 Å². The maximum absolute atomic E-state index is 12.3. The van der Waals surface area contributed by atoms with E-state index in [2.05, 4.69) is 19.6 Å². The first-order valence-corrected chi connectivity index (χ1v) is 9.69. The van der Waals surface area contributed by atoms with Crippen LogP contribution in [0.25, 0.3) is 0 Å². The van der Waals surface area contributed by atoms with Gasteiger partial charge in [-0.05, 0) is 37.6 Å². The molecular weight excluding hydrogens is 401 g/mol. The molecule has 10 heteroatoms. The number of rotatable bonds is 6. The van der Waals surface area contributed by atoms with Crippen LogP contribution in [0.4, 0.5) is 24.8 Å². The van der Waals surface area contributed by atoms with Gasteiger partial charge in [-0.1, -0.05) is 6.92 Å². The van der Waals surface area contributed by atoms with Gasteiger partial charge in [-0.2, -0.15) is 0 Å². The molecule has 30 heavy (non-hydrogen) atoms. The van der Waals surface area contributed by atoms with Crippen molar-refractivity contribution in [3.8, 4) is 5.75 Å². The summed E-state index contributed by atoms with van der Waals surface area (Å²) in [7, 11) is 0. The molecule has 0 atom stereocenters. The molecule has 1 aromatic carbocycles. The third-order valence-electron chi connectivity index (χ3n) is 4.68. The number of halogens is 3. The van der Waals surface area contributed by atoms with E-state index >= 15 is 0 Å². The number of aromatic nitrogens is 2. The zero-order chi connectivity index (χ0) is 21.7. The molecule has 7 nitrogen and oxygen atoms in total. The van der Waals surface area contributed by atoms with Crippen molar-refractivity contribution in [2.24, 2.45) is 0 Å². The summed E-state index contributed by atoms with van der Waals surface area (Å²) in [6.45, 7) is 6.54. The third kappa shape index (κ3) is 5.31. The smallest absolute Gasteiger partial charge is 0.462 e. The Kier molecular flexibility index (Phi) is 6.63. The van der Waals surface area contributed by atoms with Crippen LogP contribution in [-0.2, 0) is 11.2 Å². The van der Waals surface area contributed by atoms with E-state index in [1.54, 1.807) is 19.1 Å². The molecule has 1 saturated heterocycles. The third-order valence-corrected chi connectivity index (χ3v) is 4.68. The zero-order valence-electron chi connectivity index (χ0n) is 16.8. The molecule has 1 aromatic heterocycles. The number of ether oxygens (including phenoxy) is 2. The summed E-state index contributed by atoms with van der Waals surface area (Å²) < 4.78 is 45.8. The van der Waals surface area contributed by atoms with Gasteiger partial charge in [0.1, 0.15) is 5.75 Å². The second-order valence-corrected chi connectivity index (χ2v) is 6.62. The number of anilines is 2. The Morgan fingerprint density at radius 2 is 1.70 bits per heavy atom. The minimum Gasteiger partial charge on any atom is -0.462 e. The van der Waals surface area contributed by atoms with E-state index in [1.165, 1.54) is 18.3 Å². The predicted molar refractivity (Wildman–Crippen MR) is 105 cm³/mol. The van der Waals surface area contributed by atoms with Crippen molar-refractivity contribution in [3.05, 3.63) is 41.7 Å². The molecule has 0 amide bonds. The van der Waals surface area contributed by atoms with Gasteiger partial charge in [0.25, 0.3) is 0 Å². The second-order valence-electron chi connectivity index (χ2n) is 6.62. The average molecular weight is 424 g/mol. The van der Waals surface area contributed by atoms with Gasteiger partial charge in [0.2, 0.25) is 5.95 Å². The fourth-order valence-electron chi connectivity index (χ4n) is 3.23. The molecule has 0 spiro atoms. The highest BCUT2D eigenvalue weighted by molar-refractivity contribution is 5.90. The molecule has 0 aliphatic carbocycles. The Labute approximate surface area is 172 Å². The topological polar surface area (TPSA) is 67.8 Å². The highest BCUT2D eigenvalue weighted by atomic mass is 19.4. The molecule has 0 bridgehead atoms. The standard InChI is InChI=1S/C20H23F3N4O3/c1-3-17-16(18(28)29-4-2)13-24-19(25-17)27-11-9-26(10-12-27)14-5-7-15(8-6-14)30-20(21,22)23/h5-8,13H,3-4,9-12H2,1-2H3. The van der Waals surface area contributed by atoms with E-state index in [0.717, 1.165) is 5.69 Å². The summed E-state index contributed by atoms with van der Waals surface area (Å²) in [5, 5.41) is 0. The largest absolute Gasteiger partial charge is 0.573 e. The van der Waals surface area contributed by atoms with Gasteiger partial charge in [-0.25, -0.2) is 14.8 Å². The van der Waals surface area contributed by atoms with Crippen LogP contribution in [0.15, 0.2) is 30.5 Å². The Bertz CT molecular complexity index is 867. The Morgan fingerprint density at radius 3 is 2.27 bits per heavy atom. The van der Waals surface area contributed by atoms with Gasteiger partial charge in [-0.3, -0.25) is 0 Å². The number of alkyl halides is 3. The zero-order valence-corrected chi connectivity index (χ0v) is 16.8. The number of nitrogens with zero attached hydrogens (tertiary/aromatic N) is 4. The SMILES string of the molecule is CCOC(=O)c1cnc(N2CCN(c3ccc(OC(F)(F)F)cc3)CC2)nc1CC. The van der Waals surface area contributed by atoms with Crippen LogP contribution in [0.5, 0.6) is 5.75 Å². The molecule has 1 aliphatic rings. The Hall–Kier alpha value is -3.04. The van der Waals surface area contributed by atoms with Crippen molar-refractivity contribution in [2.45, 2.75) is 26.6 Å². The number of hydrogen-bond acceptors (Lipinski definition) is 7. The highest BCUT2D eigenvalue weighted by Gasteiger charge is 2.31. The van der Waals surface area contributed by atoms with E-state index in [0.29, 0.717) is 49.8 Å². The summed E-state index contributed by atoms with van der Waals surface area (Å²) in [4.78, 5) is 25.0. The number of esters is 1. The molecular formula is C20H23F3N4O3. The van der Waals surface area contributed by atoms with Gasteiger partial charge in [0.15, 0.2) is 0 Å². The quantitative estimate of drug-likeness (QED) is 0.658. The van der Waals surface area contributed by atoms with Crippen LogP contribution < -0.4 is 14.5 Å². The van der Waals surface area contributed by atoms with Crippen LogP contribution in [0.3, 0.4) is 0 Å². The second kappa shape index (κ2) is 9.19. The van der Waals surface area contributed by atoms with E-state index < -0.39 is 12.3 Å². The lowest BCUT2D eigenvalue weighted by molar-refractivity contribution is -0.274. The lowest BCUT2D eigenvalue weighted by Crippen LogP contribution is -2.47. The maximum atomic E-state index is 12.3. The van der Waals surface area contributed by atoms with E-state index in [4.69, 9.17) is 4.74 Å². The summed E-state index contributed by atoms with van der Waals surface area (Å²) >= 11 is 0. The molecule has 1 fully saturated rings. The van der Waals surface area contributed by atoms with Gasteiger partial charge < -0.3 is 19.3 Å². The minimum atomic E-state index is -4.70. The molecule has 0 unspecified atom stereocenters. The van der Waals surface area contributed by atoms with Crippen molar-refractivity contribution in [1.82, 2.24) is 9.97 Å². The lowest BCUT2D eigenvalue weighted by atomic mass is 10.2. The highest BCUT2D eigenvalue weighted by Crippen LogP contribution is 2.26. The van der Waals surface area contributed by atoms with Gasteiger partial charge in [-0.15, -0.1) is 13.2 Å². The van der Waals surface area contributed by atoms with Crippen LogP contribution in [0.2, 0.25) is 0 Å². The summed E-state index contributed by atoms with van der Waals surface area (Å²) in [6.07, 6.45) is -2.62. The molecule has 0 saturated carbocycles. The molecule has 0 radical (unpaired) electrons. The Balaban J connectivity index is 1.63. The maximum Gasteiger partial charge on any atom is 0.573 e. The number of carbonyl (C=O) groups excluding carboxylic acids is 1. The molecule has 2 aromatic rings. The van der Waals surface area contributed by atoms with Crippen LogP contribution in [0.1, 0.15) is 29.9 Å². The first-order valence-electron chi connectivity index (χ1n) is 9.69. The molecule has 0 N–H and O–H groups in total. The van der Waals surface area contributed by atoms with E-state index in [-0.39, 0.29) is 12.4 Å². The first-order chi connectivity index (χ1) is 14.3. The fourth-order valence-corrected chi connectivity index (χ4v) is 3.23. The normalized spacial score (nSPS) is 14.6. The molecule has 1 aliphatic heterocycles. The Morgan fingerprint density at radius 1 is 1.07 bits per heavy atom. The first kappa shape index (κ1) is 21.7. The molecule has 162 valence electrons. The van der Waals surface area contributed by atoms with Gasteiger partial charge in [0.05, 0.1) is 17.9 Å². The van der Waals surface area contributed by atoms with E-state index in [9.17, 15) is 18.0 Å². The summed E-state index contributed by atoms with van der Waals surface area (Å²) in [6, 6.07) is 5.83.